The summed E-state index contributed by atoms with van der Waals surface area (Å²) in [6.45, 7) is 2.18. The second-order valence-corrected chi connectivity index (χ2v) is 11.4. The Morgan fingerprint density at radius 3 is 1.65 bits per heavy atom. The average Bonchev–Trinajstić information content (AvgIpc) is 2.41. The highest BCUT2D eigenvalue weighted by Crippen LogP contribution is 2.56. The van der Waals surface area contributed by atoms with E-state index < -0.39 is 5.24 Å². The summed E-state index contributed by atoms with van der Waals surface area (Å²) in [6, 6.07) is 21.1. The van der Waals surface area contributed by atoms with Crippen molar-refractivity contribution in [3.8, 4) is 0 Å². The van der Waals surface area contributed by atoms with Gasteiger partial charge < -0.3 is 0 Å². The quantitative estimate of drug-likeness (QED) is 0.781. The SMILES string of the molecule is CCSP(=S)(c1ccccc1)c1ccccc1. The van der Waals surface area contributed by atoms with Gasteiger partial charge in [0.2, 0.25) is 0 Å². The summed E-state index contributed by atoms with van der Waals surface area (Å²) in [5.41, 5.74) is 0. The van der Waals surface area contributed by atoms with E-state index in [0.717, 1.165) is 5.75 Å². The van der Waals surface area contributed by atoms with Crippen LogP contribution in [0.15, 0.2) is 60.7 Å². The molecule has 0 nitrogen and oxygen atoms in total. The molecule has 0 N–H and O–H groups in total. The van der Waals surface area contributed by atoms with Gasteiger partial charge >= 0.3 is 0 Å². The smallest absolute Gasteiger partial charge is 0.0613 e. The summed E-state index contributed by atoms with van der Waals surface area (Å²) in [5.74, 6) is 1.06. The summed E-state index contributed by atoms with van der Waals surface area (Å²) in [6.07, 6.45) is 0. The lowest BCUT2D eigenvalue weighted by Crippen LogP contribution is -2.13. The molecule has 0 radical (unpaired) electrons. The highest BCUT2D eigenvalue weighted by molar-refractivity contribution is 8.75. The fraction of sp³-hybridized carbons (Fsp3) is 0.143. The van der Waals surface area contributed by atoms with Gasteiger partial charge in [-0.15, -0.1) is 11.4 Å². The molecule has 0 saturated heterocycles. The van der Waals surface area contributed by atoms with Gasteiger partial charge in [-0.3, -0.25) is 0 Å². The monoisotopic (exact) mass is 278 g/mol. The van der Waals surface area contributed by atoms with E-state index in [0.29, 0.717) is 0 Å². The van der Waals surface area contributed by atoms with Gasteiger partial charge in [-0.2, -0.15) is 0 Å². The van der Waals surface area contributed by atoms with Gasteiger partial charge in [0.1, 0.15) is 0 Å². The zero-order valence-electron chi connectivity index (χ0n) is 9.74. The third kappa shape index (κ3) is 2.82. The van der Waals surface area contributed by atoms with E-state index in [9.17, 15) is 0 Å². The topological polar surface area (TPSA) is 0 Å². The summed E-state index contributed by atoms with van der Waals surface area (Å²) < 4.78 is 0. The first kappa shape index (κ1) is 12.9. The molecule has 2 rings (SSSR count). The van der Waals surface area contributed by atoms with Crippen molar-refractivity contribution in [2.75, 3.05) is 5.75 Å². The molecule has 0 aliphatic heterocycles. The molecule has 3 heteroatoms. The minimum absolute atomic E-state index is 1.06. The summed E-state index contributed by atoms with van der Waals surface area (Å²) >= 11 is 7.92. The van der Waals surface area contributed by atoms with Crippen molar-refractivity contribution in [3.05, 3.63) is 60.7 Å². The summed E-state index contributed by atoms with van der Waals surface area (Å²) in [4.78, 5) is 0. The molecule has 88 valence electrons. The van der Waals surface area contributed by atoms with Crippen molar-refractivity contribution in [2.24, 2.45) is 0 Å². The maximum atomic E-state index is 6.01. The van der Waals surface area contributed by atoms with Gasteiger partial charge in [0.15, 0.2) is 0 Å². The molecule has 0 saturated carbocycles. The predicted molar refractivity (Wildman–Crippen MR) is 84.6 cm³/mol. The molecule has 2 aromatic rings. The Morgan fingerprint density at radius 1 is 0.882 bits per heavy atom. The lowest BCUT2D eigenvalue weighted by molar-refractivity contribution is 1.54. The van der Waals surface area contributed by atoms with E-state index in [1.807, 2.05) is 23.5 Å². The molecule has 0 aromatic heterocycles. The summed E-state index contributed by atoms with van der Waals surface area (Å²) in [5, 5.41) is 0.924. The van der Waals surface area contributed by atoms with Gasteiger partial charge in [-0.1, -0.05) is 79.4 Å². The standard InChI is InChI=1S/C14H15PS2/c1-2-17-15(16,13-9-5-3-6-10-13)14-11-7-4-8-12-14/h3-12H,2H2,1H3. The van der Waals surface area contributed by atoms with Crippen LogP contribution in [-0.2, 0) is 11.8 Å². The molecule has 0 atom stereocenters. The van der Waals surface area contributed by atoms with Crippen LogP contribution in [0.4, 0.5) is 0 Å². The fourth-order valence-corrected chi connectivity index (χ4v) is 8.21. The number of hydrogen-bond acceptors (Lipinski definition) is 2. The predicted octanol–water partition coefficient (Wildman–Crippen LogP) is 3.79. The Labute approximate surface area is 112 Å². The lowest BCUT2D eigenvalue weighted by atomic mass is 10.4. The molecule has 17 heavy (non-hydrogen) atoms. The molecule has 0 heterocycles. The molecular formula is C14H15PS2. The van der Waals surface area contributed by atoms with Gasteiger partial charge in [-0.25, -0.2) is 0 Å². The first-order valence-electron chi connectivity index (χ1n) is 5.63. The van der Waals surface area contributed by atoms with E-state index in [2.05, 4.69) is 55.5 Å². The Hall–Kier alpha value is -0.560. The van der Waals surface area contributed by atoms with Crippen molar-refractivity contribution in [1.29, 1.82) is 0 Å². The molecule has 0 unspecified atom stereocenters. The minimum Gasteiger partial charge on any atom is -0.116 e. The summed E-state index contributed by atoms with van der Waals surface area (Å²) in [7, 11) is 0. The van der Waals surface area contributed by atoms with E-state index in [-0.39, 0.29) is 0 Å². The maximum absolute atomic E-state index is 6.01. The molecule has 2 aromatic carbocycles. The highest BCUT2D eigenvalue weighted by Gasteiger charge is 2.21. The Bertz CT molecular complexity index is 465. The largest absolute Gasteiger partial charge is 0.116 e. The van der Waals surface area contributed by atoms with Crippen LogP contribution in [0, 0.1) is 0 Å². The van der Waals surface area contributed by atoms with Gasteiger partial charge in [0.05, 0.1) is 5.24 Å². The van der Waals surface area contributed by atoms with Crippen molar-refractivity contribution in [1.82, 2.24) is 0 Å². The Morgan fingerprint density at radius 2 is 1.29 bits per heavy atom. The van der Waals surface area contributed by atoms with Crippen LogP contribution in [0.2, 0.25) is 0 Å². The van der Waals surface area contributed by atoms with E-state index in [1.165, 1.54) is 10.6 Å². The van der Waals surface area contributed by atoms with Gasteiger partial charge in [0, 0.05) is 0 Å². The molecule has 0 aliphatic rings. The van der Waals surface area contributed by atoms with Crippen molar-refractivity contribution < 1.29 is 0 Å². The normalized spacial score (nSPS) is 11.4. The van der Waals surface area contributed by atoms with Crippen LogP contribution >= 0.6 is 16.6 Å². The van der Waals surface area contributed by atoms with Crippen LogP contribution in [-0.4, -0.2) is 5.75 Å². The Kier molecular flexibility index (Phi) is 4.44. The highest BCUT2D eigenvalue weighted by atomic mass is 32.9. The van der Waals surface area contributed by atoms with Crippen molar-refractivity contribution in [2.45, 2.75) is 6.92 Å². The second kappa shape index (κ2) is 5.86. The number of rotatable bonds is 4. The molecule has 0 bridgehead atoms. The average molecular weight is 278 g/mol. The van der Waals surface area contributed by atoms with E-state index in [1.54, 1.807) is 0 Å². The number of hydrogen-bond donors (Lipinski definition) is 0. The number of benzene rings is 2. The maximum Gasteiger partial charge on any atom is 0.0613 e. The van der Waals surface area contributed by atoms with Crippen molar-refractivity contribution in [3.63, 3.8) is 0 Å². The molecule has 0 aliphatic carbocycles. The first-order chi connectivity index (χ1) is 8.27. The fourth-order valence-electron chi connectivity index (χ4n) is 1.73. The van der Waals surface area contributed by atoms with E-state index in [4.69, 9.17) is 11.8 Å². The zero-order valence-corrected chi connectivity index (χ0v) is 12.3. The first-order valence-corrected chi connectivity index (χ1v) is 10.0. The third-order valence-corrected chi connectivity index (χ3v) is 10.4. The van der Waals surface area contributed by atoms with Crippen LogP contribution in [0.25, 0.3) is 0 Å². The molecule has 0 amide bonds. The third-order valence-electron chi connectivity index (χ3n) is 2.50. The zero-order chi connectivity index (χ0) is 12.1. The molecule has 0 fully saturated rings. The Balaban J connectivity index is 2.51. The van der Waals surface area contributed by atoms with Crippen LogP contribution < -0.4 is 10.6 Å². The van der Waals surface area contributed by atoms with Crippen LogP contribution in [0.3, 0.4) is 0 Å². The molecular weight excluding hydrogens is 263 g/mol. The van der Waals surface area contributed by atoms with Crippen molar-refractivity contribution >= 4 is 39.0 Å². The van der Waals surface area contributed by atoms with Crippen LogP contribution in [0.5, 0.6) is 0 Å². The van der Waals surface area contributed by atoms with Gasteiger partial charge in [0.25, 0.3) is 0 Å². The van der Waals surface area contributed by atoms with Gasteiger partial charge in [-0.05, 0) is 16.4 Å². The second-order valence-electron chi connectivity index (χ2n) is 3.64. The minimum atomic E-state index is -1.67. The van der Waals surface area contributed by atoms with E-state index >= 15 is 0 Å². The lowest BCUT2D eigenvalue weighted by Gasteiger charge is -2.21. The van der Waals surface area contributed by atoms with Crippen LogP contribution in [0.1, 0.15) is 6.92 Å². The molecule has 0 spiro atoms.